The summed E-state index contributed by atoms with van der Waals surface area (Å²) >= 11 is 0. The Kier molecular flexibility index (Phi) is 4.04. The van der Waals surface area contributed by atoms with E-state index in [0.29, 0.717) is 11.6 Å². The molecule has 6 heteroatoms. The van der Waals surface area contributed by atoms with Crippen molar-refractivity contribution in [3.8, 4) is 0 Å². The van der Waals surface area contributed by atoms with Gasteiger partial charge in [0.2, 0.25) is 11.9 Å². The molecule has 0 spiro atoms. The molecule has 4 N–H and O–H groups in total. The molecule has 0 aromatic carbocycles. The van der Waals surface area contributed by atoms with E-state index in [9.17, 15) is 4.79 Å². The standard InChI is InChI=1S/C10H17N5O/c1-6(2)14-9(16)7(3)15-10-12-4-8(11)5-13-10/h4-7H,11H2,1-3H3,(H,14,16)(H,12,13,15). The van der Waals surface area contributed by atoms with Crippen LogP contribution in [0.2, 0.25) is 0 Å². The van der Waals surface area contributed by atoms with Gasteiger partial charge in [-0.3, -0.25) is 4.79 Å². The Balaban J connectivity index is 2.53. The van der Waals surface area contributed by atoms with Gasteiger partial charge in [0.05, 0.1) is 18.1 Å². The van der Waals surface area contributed by atoms with Crippen molar-refractivity contribution in [3.05, 3.63) is 12.4 Å². The van der Waals surface area contributed by atoms with Gasteiger partial charge in [0.15, 0.2) is 0 Å². The quantitative estimate of drug-likeness (QED) is 0.686. The van der Waals surface area contributed by atoms with Crippen LogP contribution in [0, 0.1) is 0 Å². The van der Waals surface area contributed by atoms with E-state index in [4.69, 9.17) is 5.73 Å². The Morgan fingerprint density at radius 3 is 2.38 bits per heavy atom. The first-order chi connectivity index (χ1) is 7.49. The third kappa shape index (κ3) is 3.72. The molecule has 1 heterocycles. The molecular weight excluding hydrogens is 206 g/mol. The van der Waals surface area contributed by atoms with Crippen molar-refractivity contribution in [3.63, 3.8) is 0 Å². The number of hydrogen-bond acceptors (Lipinski definition) is 5. The Morgan fingerprint density at radius 2 is 1.88 bits per heavy atom. The van der Waals surface area contributed by atoms with Crippen LogP contribution in [0.3, 0.4) is 0 Å². The zero-order valence-electron chi connectivity index (χ0n) is 9.69. The van der Waals surface area contributed by atoms with Crippen LogP contribution in [-0.4, -0.2) is 28.0 Å². The zero-order chi connectivity index (χ0) is 12.1. The number of nitrogens with one attached hydrogen (secondary N) is 2. The lowest BCUT2D eigenvalue weighted by Gasteiger charge is -2.15. The molecule has 88 valence electrons. The smallest absolute Gasteiger partial charge is 0.242 e. The van der Waals surface area contributed by atoms with Crippen molar-refractivity contribution in [1.29, 1.82) is 0 Å². The molecule has 1 unspecified atom stereocenters. The predicted molar refractivity (Wildman–Crippen MR) is 62.8 cm³/mol. The monoisotopic (exact) mass is 223 g/mol. The molecule has 0 fully saturated rings. The van der Waals surface area contributed by atoms with Gasteiger partial charge < -0.3 is 16.4 Å². The van der Waals surface area contributed by atoms with Crippen molar-refractivity contribution >= 4 is 17.5 Å². The minimum Gasteiger partial charge on any atom is -0.396 e. The number of rotatable bonds is 4. The van der Waals surface area contributed by atoms with Crippen molar-refractivity contribution in [2.45, 2.75) is 32.9 Å². The first kappa shape index (κ1) is 12.2. The Morgan fingerprint density at radius 1 is 1.31 bits per heavy atom. The number of hydrogen-bond donors (Lipinski definition) is 3. The predicted octanol–water partition coefficient (Wildman–Crippen LogP) is 0.384. The maximum Gasteiger partial charge on any atom is 0.242 e. The number of carbonyl (C=O) groups is 1. The highest BCUT2D eigenvalue weighted by atomic mass is 16.2. The van der Waals surface area contributed by atoms with Crippen LogP contribution < -0.4 is 16.4 Å². The molecule has 0 radical (unpaired) electrons. The maximum atomic E-state index is 11.6. The average molecular weight is 223 g/mol. The van der Waals surface area contributed by atoms with E-state index in [1.165, 1.54) is 12.4 Å². The first-order valence-electron chi connectivity index (χ1n) is 5.13. The molecule has 1 atom stereocenters. The number of anilines is 2. The summed E-state index contributed by atoms with van der Waals surface area (Å²) < 4.78 is 0. The van der Waals surface area contributed by atoms with Gasteiger partial charge in [0, 0.05) is 6.04 Å². The summed E-state index contributed by atoms with van der Waals surface area (Å²) in [7, 11) is 0. The minimum absolute atomic E-state index is 0.0876. The number of nitrogen functional groups attached to an aromatic ring is 1. The topological polar surface area (TPSA) is 92.9 Å². The highest BCUT2D eigenvalue weighted by Gasteiger charge is 2.13. The van der Waals surface area contributed by atoms with Gasteiger partial charge in [-0.25, -0.2) is 9.97 Å². The lowest BCUT2D eigenvalue weighted by molar-refractivity contribution is -0.122. The molecule has 0 aliphatic heterocycles. The van der Waals surface area contributed by atoms with Gasteiger partial charge >= 0.3 is 0 Å². The summed E-state index contributed by atoms with van der Waals surface area (Å²) in [5.74, 6) is 0.302. The van der Waals surface area contributed by atoms with Crippen LogP contribution in [-0.2, 0) is 4.79 Å². The van der Waals surface area contributed by atoms with Crippen molar-refractivity contribution in [2.24, 2.45) is 0 Å². The van der Waals surface area contributed by atoms with Gasteiger partial charge in [-0.15, -0.1) is 0 Å². The van der Waals surface area contributed by atoms with E-state index in [1.54, 1.807) is 6.92 Å². The van der Waals surface area contributed by atoms with Gasteiger partial charge in [0.1, 0.15) is 6.04 Å². The van der Waals surface area contributed by atoms with Crippen LogP contribution in [0.1, 0.15) is 20.8 Å². The van der Waals surface area contributed by atoms with E-state index in [-0.39, 0.29) is 18.0 Å². The summed E-state index contributed by atoms with van der Waals surface area (Å²) in [6.07, 6.45) is 2.98. The van der Waals surface area contributed by atoms with Gasteiger partial charge in [-0.05, 0) is 20.8 Å². The molecule has 16 heavy (non-hydrogen) atoms. The molecule has 0 aliphatic rings. The molecule has 1 amide bonds. The molecule has 0 saturated heterocycles. The number of carbonyl (C=O) groups excluding carboxylic acids is 1. The Hall–Kier alpha value is -1.85. The van der Waals surface area contributed by atoms with Crippen molar-refractivity contribution in [1.82, 2.24) is 15.3 Å². The van der Waals surface area contributed by atoms with Crippen LogP contribution >= 0.6 is 0 Å². The second-order valence-corrected chi connectivity index (χ2v) is 3.87. The van der Waals surface area contributed by atoms with Crippen LogP contribution in [0.25, 0.3) is 0 Å². The molecule has 1 aromatic heterocycles. The fourth-order valence-electron chi connectivity index (χ4n) is 1.08. The van der Waals surface area contributed by atoms with E-state index < -0.39 is 0 Å². The van der Waals surface area contributed by atoms with Gasteiger partial charge in [0.25, 0.3) is 0 Å². The fraction of sp³-hybridized carbons (Fsp3) is 0.500. The number of aromatic nitrogens is 2. The van der Waals surface area contributed by atoms with Crippen LogP contribution in [0.5, 0.6) is 0 Å². The van der Waals surface area contributed by atoms with E-state index in [2.05, 4.69) is 20.6 Å². The van der Waals surface area contributed by atoms with Crippen molar-refractivity contribution in [2.75, 3.05) is 11.1 Å². The molecule has 0 saturated carbocycles. The zero-order valence-corrected chi connectivity index (χ0v) is 9.69. The second-order valence-electron chi connectivity index (χ2n) is 3.87. The normalized spacial score (nSPS) is 12.2. The molecular formula is C10H17N5O. The van der Waals surface area contributed by atoms with E-state index in [1.807, 2.05) is 13.8 Å². The minimum atomic E-state index is -0.383. The average Bonchev–Trinajstić information content (AvgIpc) is 2.20. The molecule has 6 nitrogen and oxygen atoms in total. The summed E-state index contributed by atoms with van der Waals surface area (Å²) in [5, 5.41) is 5.68. The van der Waals surface area contributed by atoms with Crippen LogP contribution in [0.4, 0.5) is 11.6 Å². The summed E-state index contributed by atoms with van der Waals surface area (Å²) in [6, 6.07) is -0.268. The first-order valence-corrected chi connectivity index (χ1v) is 5.13. The van der Waals surface area contributed by atoms with Gasteiger partial charge in [-0.1, -0.05) is 0 Å². The number of amides is 1. The SMILES string of the molecule is CC(C)NC(=O)C(C)Nc1ncc(N)cn1. The Labute approximate surface area is 94.7 Å². The number of nitrogens with zero attached hydrogens (tertiary/aromatic N) is 2. The molecule has 1 aromatic rings. The lowest BCUT2D eigenvalue weighted by atomic mass is 10.3. The highest BCUT2D eigenvalue weighted by Crippen LogP contribution is 2.02. The fourth-order valence-corrected chi connectivity index (χ4v) is 1.08. The Bertz CT molecular complexity index is 349. The van der Waals surface area contributed by atoms with Gasteiger partial charge in [-0.2, -0.15) is 0 Å². The second kappa shape index (κ2) is 5.29. The third-order valence-electron chi connectivity index (χ3n) is 1.84. The lowest BCUT2D eigenvalue weighted by Crippen LogP contribution is -2.41. The summed E-state index contributed by atoms with van der Waals surface area (Å²) in [5.41, 5.74) is 5.94. The molecule has 0 bridgehead atoms. The third-order valence-corrected chi connectivity index (χ3v) is 1.84. The van der Waals surface area contributed by atoms with Crippen molar-refractivity contribution < 1.29 is 4.79 Å². The van der Waals surface area contributed by atoms with E-state index >= 15 is 0 Å². The largest absolute Gasteiger partial charge is 0.396 e. The summed E-state index contributed by atoms with van der Waals surface area (Å²) in [6.45, 7) is 5.56. The number of nitrogens with two attached hydrogens (primary N) is 1. The highest BCUT2D eigenvalue weighted by molar-refractivity contribution is 5.83. The molecule has 1 rings (SSSR count). The molecule has 0 aliphatic carbocycles. The summed E-state index contributed by atoms with van der Waals surface area (Å²) in [4.78, 5) is 19.5. The maximum absolute atomic E-state index is 11.6. The van der Waals surface area contributed by atoms with Crippen LogP contribution in [0.15, 0.2) is 12.4 Å². The van der Waals surface area contributed by atoms with E-state index in [0.717, 1.165) is 0 Å².